The number of oxazole rings is 1. The first kappa shape index (κ1) is 29.6. The Kier molecular flexibility index (Phi) is 8.57. The molecule has 2 N–H and O–H groups in total. The SMILES string of the molecule is C=C(OC)/C(=C\C)[C@H](CN1C(=O)N(C(C)(C)C(=O)O)C(=C)c2c1sc(-c1ncco1)c2C)OC1CCC(O)CC1. The number of urea groups is 1. The summed E-state index contributed by atoms with van der Waals surface area (Å²) in [6.07, 6.45) is 6.36. The minimum atomic E-state index is -1.59. The lowest BCUT2D eigenvalue weighted by molar-refractivity contribution is -0.146. The molecule has 1 saturated carbocycles. The largest absolute Gasteiger partial charge is 0.497 e. The van der Waals surface area contributed by atoms with Crippen molar-refractivity contribution in [2.75, 3.05) is 18.6 Å². The second kappa shape index (κ2) is 11.6. The number of aliphatic carboxylic acids is 1. The predicted molar refractivity (Wildman–Crippen MR) is 153 cm³/mol. The molecule has 2 amide bonds. The number of rotatable bonds is 10. The number of aromatic nitrogens is 1. The van der Waals surface area contributed by atoms with Gasteiger partial charge in [0.25, 0.3) is 0 Å². The third-order valence-electron chi connectivity index (χ3n) is 7.64. The third-order valence-corrected chi connectivity index (χ3v) is 8.94. The average molecular weight is 572 g/mol. The van der Waals surface area contributed by atoms with Crippen molar-refractivity contribution >= 4 is 34.0 Å². The molecule has 2 aliphatic rings. The topological polar surface area (TPSA) is 126 Å². The van der Waals surface area contributed by atoms with Crippen LogP contribution >= 0.6 is 11.3 Å². The summed E-state index contributed by atoms with van der Waals surface area (Å²) >= 11 is 1.33. The van der Waals surface area contributed by atoms with Gasteiger partial charge in [0.15, 0.2) is 0 Å². The number of aliphatic hydroxyl groups is 1. The maximum atomic E-state index is 14.2. The monoisotopic (exact) mass is 571 g/mol. The summed E-state index contributed by atoms with van der Waals surface area (Å²) in [5.74, 6) is -0.360. The predicted octanol–water partition coefficient (Wildman–Crippen LogP) is 5.58. The Morgan fingerprint density at radius 2 is 2.02 bits per heavy atom. The number of fused-ring (bicyclic) bond motifs is 1. The van der Waals surface area contributed by atoms with Crippen molar-refractivity contribution in [1.29, 1.82) is 0 Å². The fraction of sp³-hybridized carbons (Fsp3) is 0.483. The molecule has 1 atom stereocenters. The number of aliphatic hydroxyl groups excluding tert-OH is 1. The van der Waals surface area contributed by atoms with Gasteiger partial charge in [-0.05, 0) is 58.9 Å². The lowest BCUT2D eigenvalue weighted by Crippen LogP contribution is -2.59. The first-order chi connectivity index (χ1) is 18.9. The van der Waals surface area contributed by atoms with E-state index in [4.69, 9.17) is 13.9 Å². The molecule has 0 spiro atoms. The molecule has 0 aromatic carbocycles. The Morgan fingerprint density at radius 1 is 1.35 bits per heavy atom. The van der Waals surface area contributed by atoms with Gasteiger partial charge in [0.05, 0.1) is 42.6 Å². The Balaban J connectivity index is 1.83. The lowest BCUT2D eigenvalue weighted by Gasteiger charge is -2.44. The Bertz CT molecular complexity index is 1320. The van der Waals surface area contributed by atoms with Crippen molar-refractivity contribution in [3.63, 3.8) is 0 Å². The molecule has 1 aliphatic carbocycles. The van der Waals surface area contributed by atoms with Gasteiger partial charge in [-0.1, -0.05) is 19.2 Å². The molecule has 10 nitrogen and oxygen atoms in total. The Hall–Kier alpha value is -3.41. The molecule has 216 valence electrons. The van der Waals surface area contributed by atoms with Crippen LogP contribution in [0.1, 0.15) is 57.6 Å². The van der Waals surface area contributed by atoms with Crippen LogP contribution in [0.3, 0.4) is 0 Å². The summed E-state index contributed by atoms with van der Waals surface area (Å²) in [5.41, 5.74) is 0.817. The van der Waals surface area contributed by atoms with Crippen LogP contribution < -0.4 is 4.90 Å². The molecule has 40 heavy (non-hydrogen) atoms. The zero-order valence-electron chi connectivity index (χ0n) is 23.6. The van der Waals surface area contributed by atoms with Crippen LogP contribution in [0.4, 0.5) is 9.80 Å². The van der Waals surface area contributed by atoms with Gasteiger partial charge in [-0.3, -0.25) is 9.80 Å². The number of nitrogens with zero attached hydrogens (tertiary/aromatic N) is 3. The molecule has 2 aromatic rings. The molecular weight excluding hydrogens is 534 g/mol. The van der Waals surface area contributed by atoms with Crippen LogP contribution in [0.25, 0.3) is 16.5 Å². The second-order valence-corrected chi connectivity index (χ2v) is 11.5. The number of ether oxygens (including phenoxy) is 2. The summed E-state index contributed by atoms with van der Waals surface area (Å²) < 4.78 is 17.6. The van der Waals surface area contributed by atoms with E-state index in [1.54, 1.807) is 11.1 Å². The van der Waals surface area contributed by atoms with Crippen LogP contribution in [0.15, 0.2) is 47.4 Å². The van der Waals surface area contributed by atoms with E-state index in [2.05, 4.69) is 18.1 Å². The van der Waals surface area contributed by atoms with Crippen LogP contribution in [-0.4, -0.2) is 69.6 Å². The fourth-order valence-corrected chi connectivity index (χ4v) is 6.55. The minimum Gasteiger partial charge on any atom is -0.497 e. The Morgan fingerprint density at radius 3 is 2.58 bits per heavy atom. The number of carbonyl (C=O) groups is 2. The standard InChI is InChI=1S/C29H37N3O7S/c1-8-21(18(4)37-7)22(39-20-11-9-19(33)10-12-20)15-31-26-23(16(2)24(40-26)25-30-13-14-38-25)17(3)32(28(31)36)29(5,6)27(34)35/h8,13-14,19-20,22,33H,3-4,9-12,15H2,1-2,5-7H3,(H,34,35)/b21-8+/t19?,20?,22-/m0/s1. The van der Waals surface area contributed by atoms with Gasteiger partial charge in [0.2, 0.25) is 5.89 Å². The number of methoxy groups -OCH3 is 1. The van der Waals surface area contributed by atoms with Gasteiger partial charge in [-0.15, -0.1) is 11.3 Å². The maximum Gasteiger partial charge on any atom is 0.330 e. The normalized spacial score (nSPS) is 20.9. The van der Waals surface area contributed by atoms with Crippen molar-refractivity contribution in [2.24, 2.45) is 0 Å². The second-order valence-electron chi connectivity index (χ2n) is 10.5. The summed E-state index contributed by atoms with van der Waals surface area (Å²) in [6, 6.07) is -0.531. The molecular formula is C29H37N3O7S. The zero-order chi connectivity index (χ0) is 29.4. The number of hydrogen-bond donors (Lipinski definition) is 2. The van der Waals surface area contributed by atoms with Gasteiger partial charge >= 0.3 is 12.0 Å². The van der Waals surface area contributed by atoms with E-state index in [1.165, 1.54) is 43.5 Å². The number of carboxylic acid groups (broad SMARTS) is 1. The number of anilines is 1. The quantitative estimate of drug-likeness (QED) is 0.280. The molecule has 11 heteroatoms. The first-order valence-electron chi connectivity index (χ1n) is 13.2. The van der Waals surface area contributed by atoms with Gasteiger partial charge in [0, 0.05) is 11.1 Å². The van der Waals surface area contributed by atoms with E-state index in [0.29, 0.717) is 59.2 Å². The minimum absolute atomic E-state index is 0.0669. The van der Waals surface area contributed by atoms with E-state index in [1.807, 2.05) is 19.9 Å². The number of allylic oxidation sites excluding steroid dienone is 1. The van der Waals surface area contributed by atoms with E-state index in [-0.39, 0.29) is 18.8 Å². The highest BCUT2D eigenvalue weighted by Gasteiger charge is 2.48. The summed E-state index contributed by atoms with van der Waals surface area (Å²) in [5, 5.41) is 20.7. The maximum absolute atomic E-state index is 14.2. The molecule has 0 unspecified atom stereocenters. The van der Waals surface area contributed by atoms with E-state index >= 15 is 0 Å². The van der Waals surface area contributed by atoms with E-state index in [9.17, 15) is 19.8 Å². The molecule has 4 rings (SSSR count). The third kappa shape index (κ3) is 5.33. The van der Waals surface area contributed by atoms with Crippen molar-refractivity contribution < 1.29 is 33.7 Å². The van der Waals surface area contributed by atoms with Crippen LogP contribution in [-0.2, 0) is 14.3 Å². The van der Waals surface area contributed by atoms with Gasteiger partial charge in [0.1, 0.15) is 28.7 Å². The lowest BCUT2D eigenvalue weighted by atomic mass is 9.94. The van der Waals surface area contributed by atoms with Gasteiger partial charge in [-0.25, -0.2) is 14.6 Å². The smallest absolute Gasteiger partial charge is 0.330 e. The number of thiophene rings is 1. The first-order valence-corrected chi connectivity index (χ1v) is 14.0. The van der Waals surface area contributed by atoms with Gasteiger partial charge < -0.3 is 24.1 Å². The van der Waals surface area contributed by atoms with Crippen molar-refractivity contribution in [3.8, 4) is 10.8 Å². The van der Waals surface area contributed by atoms with Crippen LogP contribution in [0.5, 0.6) is 0 Å². The molecule has 0 radical (unpaired) electrons. The molecule has 1 fully saturated rings. The molecule has 0 bridgehead atoms. The summed E-state index contributed by atoms with van der Waals surface area (Å²) in [7, 11) is 1.52. The molecule has 3 heterocycles. The molecule has 0 saturated heterocycles. The number of hydrogen-bond acceptors (Lipinski definition) is 8. The average Bonchev–Trinajstić information content (AvgIpc) is 3.55. The highest BCUT2D eigenvalue weighted by molar-refractivity contribution is 7.20. The van der Waals surface area contributed by atoms with E-state index < -0.39 is 23.6 Å². The summed E-state index contributed by atoms with van der Waals surface area (Å²) in [4.78, 5) is 34.3. The number of carbonyl (C=O) groups excluding carboxylic acids is 1. The highest BCUT2D eigenvalue weighted by atomic mass is 32.1. The van der Waals surface area contributed by atoms with Crippen molar-refractivity contribution in [1.82, 2.24) is 9.88 Å². The van der Waals surface area contributed by atoms with Crippen LogP contribution in [0, 0.1) is 6.92 Å². The fourth-order valence-electron chi connectivity index (χ4n) is 5.27. The Labute approximate surface area is 238 Å². The highest BCUT2D eigenvalue weighted by Crippen LogP contribution is 2.50. The van der Waals surface area contributed by atoms with Crippen molar-refractivity contribution in [3.05, 3.63) is 54.2 Å². The number of amides is 2. The molecule has 1 aliphatic heterocycles. The zero-order valence-corrected chi connectivity index (χ0v) is 24.4. The molecule has 2 aromatic heterocycles. The van der Waals surface area contributed by atoms with Gasteiger partial charge in [-0.2, -0.15) is 0 Å². The van der Waals surface area contributed by atoms with E-state index in [0.717, 1.165) is 10.4 Å². The van der Waals surface area contributed by atoms with Crippen LogP contribution in [0.2, 0.25) is 0 Å². The summed E-state index contributed by atoms with van der Waals surface area (Å²) in [6.45, 7) is 15.0. The van der Waals surface area contributed by atoms with Crippen molar-refractivity contribution in [2.45, 2.75) is 77.2 Å². The number of carboxylic acids is 1.